The predicted molar refractivity (Wildman–Crippen MR) is 65.5 cm³/mol. The van der Waals surface area contributed by atoms with Gasteiger partial charge in [-0.2, -0.15) is 9.37 Å². The fraction of sp³-hybridized carbons (Fsp3) is 0.167. The largest absolute Gasteiger partial charge is 0.481 e. The molecule has 0 spiro atoms. The molecule has 1 N–H and O–H groups in total. The number of halogens is 1. The van der Waals surface area contributed by atoms with E-state index < -0.39 is 11.9 Å². The van der Waals surface area contributed by atoms with Crippen LogP contribution in [0.2, 0.25) is 0 Å². The number of amides is 1. The van der Waals surface area contributed by atoms with Crippen LogP contribution < -0.4 is 10.1 Å². The van der Waals surface area contributed by atoms with E-state index in [4.69, 9.17) is 4.74 Å². The number of ether oxygens (including phenoxy) is 1. The number of anilines is 1. The van der Waals surface area contributed by atoms with E-state index in [0.29, 0.717) is 11.6 Å². The number of pyridine rings is 1. The third kappa shape index (κ3) is 3.21. The van der Waals surface area contributed by atoms with Crippen molar-refractivity contribution in [3.63, 3.8) is 0 Å². The zero-order valence-corrected chi connectivity index (χ0v) is 10.3. The lowest BCUT2D eigenvalue weighted by atomic mass is 10.3. The van der Waals surface area contributed by atoms with Crippen molar-refractivity contribution in [1.82, 2.24) is 15.0 Å². The van der Waals surface area contributed by atoms with Gasteiger partial charge in [0.2, 0.25) is 17.8 Å². The minimum Gasteiger partial charge on any atom is -0.481 e. The molecule has 0 aliphatic heterocycles. The maximum absolute atomic E-state index is 12.9. The van der Waals surface area contributed by atoms with Crippen molar-refractivity contribution < 1.29 is 13.9 Å². The Morgan fingerprint density at radius 2 is 2.11 bits per heavy atom. The highest BCUT2D eigenvalue weighted by atomic mass is 19.1. The third-order valence-electron chi connectivity index (χ3n) is 2.21. The summed E-state index contributed by atoms with van der Waals surface area (Å²) in [7, 11) is 1.46. The summed E-state index contributed by atoms with van der Waals surface area (Å²) in [6.45, 7) is 1.74. The quantitative estimate of drug-likeness (QED) is 0.850. The van der Waals surface area contributed by atoms with Crippen LogP contribution >= 0.6 is 0 Å². The number of hydrogen-bond donors (Lipinski definition) is 1. The second kappa shape index (κ2) is 5.38. The van der Waals surface area contributed by atoms with Crippen LogP contribution in [0.1, 0.15) is 16.2 Å². The Kier molecular flexibility index (Phi) is 3.65. The van der Waals surface area contributed by atoms with Gasteiger partial charge in [-0.1, -0.05) is 6.07 Å². The van der Waals surface area contributed by atoms with Crippen molar-refractivity contribution in [3.05, 3.63) is 41.6 Å². The van der Waals surface area contributed by atoms with Crippen LogP contribution in [0.25, 0.3) is 0 Å². The van der Waals surface area contributed by atoms with E-state index in [9.17, 15) is 9.18 Å². The first-order valence-corrected chi connectivity index (χ1v) is 5.42. The minimum absolute atomic E-state index is 0.0518. The monoisotopic (exact) mass is 262 g/mol. The standard InChI is InChI=1S/C12H11FN4O2/c1-7-6-10(19-2)16-12(14-7)17-11(18)8-4-3-5-9(13)15-8/h3-6H,1-2H3,(H,14,16,17,18). The number of carbonyl (C=O) groups excluding carboxylic acids is 1. The molecule has 1 amide bonds. The van der Waals surface area contributed by atoms with E-state index in [1.165, 1.54) is 19.2 Å². The van der Waals surface area contributed by atoms with Gasteiger partial charge in [-0.25, -0.2) is 9.97 Å². The molecule has 6 nitrogen and oxygen atoms in total. The summed E-state index contributed by atoms with van der Waals surface area (Å²) in [4.78, 5) is 23.3. The molecule has 7 heteroatoms. The maximum Gasteiger partial charge on any atom is 0.276 e. The molecule has 0 radical (unpaired) electrons. The fourth-order valence-corrected chi connectivity index (χ4v) is 1.40. The minimum atomic E-state index is -0.726. The van der Waals surface area contributed by atoms with Gasteiger partial charge in [-0.05, 0) is 19.1 Å². The van der Waals surface area contributed by atoms with Crippen molar-refractivity contribution in [2.24, 2.45) is 0 Å². The molecule has 2 heterocycles. The Morgan fingerprint density at radius 3 is 2.79 bits per heavy atom. The van der Waals surface area contributed by atoms with Crippen LogP contribution in [0.3, 0.4) is 0 Å². The number of rotatable bonds is 3. The molecule has 2 aromatic rings. The van der Waals surface area contributed by atoms with Crippen molar-refractivity contribution in [2.45, 2.75) is 6.92 Å². The molecule has 0 saturated heterocycles. The molecule has 0 atom stereocenters. The molecule has 19 heavy (non-hydrogen) atoms. The molecule has 0 bridgehead atoms. The van der Waals surface area contributed by atoms with Crippen LogP contribution in [0.4, 0.5) is 10.3 Å². The topological polar surface area (TPSA) is 77.0 Å². The van der Waals surface area contributed by atoms with Gasteiger partial charge in [-0.15, -0.1) is 0 Å². The average Bonchev–Trinajstić information content (AvgIpc) is 2.38. The fourth-order valence-electron chi connectivity index (χ4n) is 1.40. The Labute approximate surface area is 108 Å². The van der Waals surface area contributed by atoms with Gasteiger partial charge < -0.3 is 4.74 Å². The van der Waals surface area contributed by atoms with Crippen molar-refractivity contribution >= 4 is 11.9 Å². The summed E-state index contributed by atoms with van der Waals surface area (Å²) in [5, 5.41) is 2.43. The van der Waals surface area contributed by atoms with Gasteiger partial charge in [0, 0.05) is 11.8 Å². The van der Waals surface area contributed by atoms with E-state index >= 15 is 0 Å². The van der Waals surface area contributed by atoms with E-state index in [-0.39, 0.29) is 11.6 Å². The molecular weight excluding hydrogens is 251 g/mol. The van der Waals surface area contributed by atoms with Crippen molar-refractivity contribution in [2.75, 3.05) is 12.4 Å². The van der Waals surface area contributed by atoms with E-state index in [0.717, 1.165) is 6.07 Å². The summed E-state index contributed by atoms with van der Waals surface area (Å²) in [5.41, 5.74) is 0.582. The van der Waals surface area contributed by atoms with Gasteiger partial charge in [0.05, 0.1) is 7.11 Å². The van der Waals surface area contributed by atoms with E-state index in [1.54, 1.807) is 13.0 Å². The summed E-state index contributed by atoms with van der Waals surface area (Å²) in [6, 6.07) is 5.57. The van der Waals surface area contributed by atoms with E-state index in [1.807, 2.05) is 0 Å². The molecule has 0 aliphatic rings. The van der Waals surface area contributed by atoms with Crippen molar-refractivity contribution in [1.29, 1.82) is 0 Å². The van der Waals surface area contributed by atoms with Gasteiger partial charge in [0.15, 0.2) is 0 Å². The summed E-state index contributed by atoms with van der Waals surface area (Å²) in [6.07, 6.45) is 0. The van der Waals surface area contributed by atoms with E-state index in [2.05, 4.69) is 20.3 Å². The Hall–Kier alpha value is -2.57. The molecule has 0 fully saturated rings. The number of aromatic nitrogens is 3. The molecule has 2 aromatic heterocycles. The number of hydrogen-bond acceptors (Lipinski definition) is 5. The Bertz CT molecular complexity index is 618. The van der Waals surface area contributed by atoms with Gasteiger partial charge >= 0.3 is 0 Å². The maximum atomic E-state index is 12.9. The van der Waals surface area contributed by atoms with Gasteiger partial charge in [0.25, 0.3) is 5.91 Å². The molecular formula is C12H11FN4O2. The van der Waals surface area contributed by atoms with Crippen LogP contribution in [0.15, 0.2) is 24.3 Å². The Morgan fingerprint density at radius 1 is 1.32 bits per heavy atom. The molecule has 0 saturated carbocycles. The second-order valence-electron chi connectivity index (χ2n) is 3.67. The predicted octanol–water partition coefficient (Wildman–Crippen LogP) is 1.58. The molecule has 0 unspecified atom stereocenters. The number of carbonyl (C=O) groups is 1. The normalized spacial score (nSPS) is 10.1. The van der Waals surface area contributed by atoms with Crippen LogP contribution in [0.5, 0.6) is 5.88 Å². The zero-order valence-electron chi connectivity index (χ0n) is 10.3. The summed E-state index contributed by atoms with van der Waals surface area (Å²) < 4.78 is 17.9. The lowest BCUT2D eigenvalue weighted by Gasteiger charge is -2.06. The van der Waals surface area contributed by atoms with Crippen LogP contribution in [0, 0.1) is 12.9 Å². The second-order valence-corrected chi connectivity index (χ2v) is 3.67. The first-order valence-electron chi connectivity index (χ1n) is 5.42. The lowest BCUT2D eigenvalue weighted by molar-refractivity contribution is 0.102. The molecule has 0 aliphatic carbocycles. The van der Waals surface area contributed by atoms with Crippen LogP contribution in [-0.4, -0.2) is 28.0 Å². The highest BCUT2D eigenvalue weighted by Gasteiger charge is 2.11. The number of nitrogens with one attached hydrogen (secondary N) is 1. The average molecular weight is 262 g/mol. The first kappa shape index (κ1) is 12.9. The van der Waals surface area contributed by atoms with Gasteiger partial charge in [0.1, 0.15) is 5.69 Å². The first-order chi connectivity index (χ1) is 9.08. The summed E-state index contributed by atoms with van der Waals surface area (Å²) >= 11 is 0. The molecule has 0 aromatic carbocycles. The molecule has 2 rings (SSSR count). The molecule has 98 valence electrons. The number of nitrogens with zero attached hydrogens (tertiary/aromatic N) is 3. The zero-order chi connectivity index (χ0) is 13.8. The number of aryl methyl sites for hydroxylation is 1. The van der Waals surface area contributed by atoms with Crippen LogP contribution in [-0.2, 0) is 0 Å². The third-order valence-corrected chi connectivity index (χ3v) is 2.21. The highest BCUT2D eigenvalue weighted by molar-refractivity contribution is 6.01. The lowest BCUT2D eigenvalue weighted by Crippen LogP contribution is -2.16. The Balaban J connectivity index is 2.21. The smallest absolute Gasteiger partial charge is 0.276 e. The van der Waals surface area contributed by atoms with Gasteiger partial charge in [-0.3, -0.25) is 10.1 Å². The summed E-state index contributed by atoms with van der Waals surface area (Å²) in [5.74, 6) is -0.912. The SMILES string of the molecule is COc1cc(C)nc(NC(=O)c2cccc(F)n2)n1. The number of methoxy groups -OCH3 is 1. The van der Waals surface area contributed by atoms with Crippen molar-refractivity contribution in [3.8, 4) is 5.88 Å². The highest BCUT2D eigenvalue weighted by Crippen LogP contribution is 2.11.